The van der Waals surface area contributed by atoms with E-state index < -0.39 is 0 Å². The number of hydrogen-bond acceptors (Lipinski definition) is 3. The Balaban J connectivity index is 2.30. The highest BCUT2D eigenvalue weighted by atomic mass is 32.1. The molecule has 0 amide bonds. The maximum absolute atomic E-state index is 4.43. The summed E-state index contributed by atoms with van der Waals surface area (Å²) in [6.07, 6.45) is 0. The third kappa shape index (κ3) is 2.64. The molecule has 1 atom stereocenters. The lowest BCUT2D eigenvalue weighted by molar-refractivity contribution is 0.105. The van der Waals surface area contributed by atoms with E-state index in [0.29, 0.717) is 11.4 Å². The Bertz CT molecular complexity index is 112. The molecule has 1 rings (SSSR count). The molecule has 1 heterocycles. The second-order valence-corrected chi connectivity index (χ2v) is 4.54. The second-order valence-electron chi connectivity index (χ2n) is 3.80. The van der Waals surface area contributed by atoms with Crippen LogP contribution in [0.4, 0.5) is 0 Å². The molecule has 0 aromatic heterocycles. The lowest BCUT2D eigenvalue weighted by Gasteiger charge is -2.38. The molecular formula is C9H20N2S. The van der Waals surface area contributed by atoms with E-state index in [4.69, 9.17) is 0 Å². The summed E-state index contributed by atoms with van der Waals surface area (Å²) in [6, 6.07) is 0.697. The van der Waals surface area contributed by atoms with Crippen LogP contribution in [0.5, 0.6) is 0 Å². The summed E-state index contributed by atoms with van der Waals surface area (Å²) in [5.74, 6) is 0. The first-order valence-corrected chi connectivity index (χ1v) is 5.29. The van der Waals surface area contributed by atoms with Crippen molar-refractivity contribution in [3.05, 3.63) is 0 Å². The van der Waals surface area contributed by atoms with Gasteiger partial charge in [0.15, 0.2) is 0 Å². The molecule has 0 saturated carbocycles. The van der Waals surface area contributed by atoms with Crippen molar-refractivity contribution in [1.82, 2.24) is 9.80 Å². The van der Waals surface area contributed by atoms with E-state index in [2.05, 4.69) is 43.2 Å². The minimum Gasteiger partial charge on any atom is -0.298 e. The van der Waals surface area contributed by atoms with Crippen molar-refractivity contribution in [2.24, 2.45) is 0 Å². The zero-order valence-electron chi connectivity index (χ0n) is 8.32. The Morgan fingerprint density at radius 1 is 0.917 bits per heavy atom. The van der Waals surface area contributed by atoms with Crippen LogP contribution in [0.25, 0.3) is 0 Å². The minimum atomic E-state index is 0.416. The van der Waals surface area contributed by atoms with Crippen LogP contribution in [-0.4, -0.2) is 47.4 Å². The van der Waals surface area contributed by atoms with Crippen molar-refractivity contribution in [3.8, 4) is 0 Å². The molecule has 0 aliphatic carbocycles. The molecule has 1 unspecified atom stereocenters. The van der Waals surface area contributed by atoms with E-state index in [1.54, 1.807) is 0 Å². The fourth-order valence-corrected chi connectivity index (χ4v) is 1.86. The van der Waals surface area contributed by atoms with Gasteiger partial charge < -0.3 is 0 Å². The fourth-order valence-electron chi connectivity index (χ4n) is 1.63. The molecule has 0 aromatic rings. The van der Waals surface area contributed by atoms with E-state index in [9.17, 15) is 0 Å². The number of hydrogen-bond donors (Lipinski definition) is 1. The molecular weight excluding hydrogens is 168 g/mol. The molecule has 0 N–H and O–H groups in total. The molecule has 1 aliphatic rings. The third-order valence-corrected chi connectivity index (χ3v) is 2.93. The number of rotatable bonds is 2. The van der Waals surface area contributed by atoms with Gasteiger partial charge in [0.05, 0.1) is 0 Å². The molecule has 1 aliphatic heterocycles. The molecule has 3 heteroatoms. The van der Waals surface area contributed by atoms with Gasteiger partial charge in [0, 0.05) is 37.6 Å². The Labute approximate surface area is 81.3 Å². The highest BCUT2D eigenvalue weighted by Gasteiger charge is 2.20. The fraction of sp³-hybridized carbons (Fsp3) is 1.00. The van der Waals surface area contributed by atoms with Gasteiger partial charge in [0.1, 0.15) is 0 Å². The second kappa shape index (κ2) is 4.49. The predicted molar refractivity (Wildman–Crippen MR) is 56.7 cm³/mol. The van der Waals surface area contributed by atoms with E-state index in [1.165, 1.54) is 26.2 Å². The largest absolute Gasteiger partial charge is 0.298 e. The maximum Gasteiger partial charge on any atom is 0.0500 e. The van der Waals surface area contributed by atoms with Crippen LogP contribution >= 0.6 is 12.6 Å². The van der Waals surface area contributed by atoms with Crippen LogP contribution in [0.2, 0.25) is 0 Å². The number of thiol groups is 1. The smallest absolute Gasteiger partial charge is 0.0500 e. The quantitative estimate of drug-likeness (QED) is 0.652. The van der Waals surface area contributed by atoms with Gasteiger partial charge in [-0.1, -0.05) is 0 Å². The topological polar surface area (TPSA) is 6.48 Å². The van der Waals surface area contributed by atoms with Gasteiger partial charge in [-0.15, -0.1) is 0 Å². The maximum atomic E-state index is 4.43. The summed E-state index contributed by atoms with van der Waals surface area (Å²) >= 11 is 4.43. The predicted octanol–water partition coefficient (Wildman–Crippen LogP) is 1.29. The lowest BCUT2D eigenvalue weighted by Crippen LogP contribution is -2.50. The summed E-state index contributed by atoms with van der Waals surface area (Å²) in [6.45, 7) is 11.4. The molecule has 0 spiro atoms. The minimum absolute atomic E-state index is 0.416. The van der Waals surface area contributed by atoms with Crippen LogP contribution in [0.1, 0.15) is 20.8 Å². The van der Waals surface area contributed by atoms with Gasteiger partial charge in [0.25, 0.3) is 0 Å². The lowest BCUT2D eigenvalue weighted by atomic mass is 10.2. The van der Waals surface area contributed by atoms with Crippen molar-refractivity contribution in [1.29, 1.82) is 0 Å². The van der Waals surface area contributed by atoms with Gasteiger partial charge in [-0.2, -0.15) is 12.6 Å². The summed E-state index contributed by atoms with van der Waals surface area (Å²) in [4.78, 5) is 4.94. The van der Waals surface area contributed by atoms with Crippen molar-refractivity contribution < 1.29 is 0 Å². The normalized spacial score (nSPS) is 24.8. The van der Waals surface area contributed by atoms with Crippen LogP contribution in [0, 0.1) is 0 Å². The van der Waals surface area contributed by atoms with Crippen molar-refractivity contribution in [2.45, 2.75) is 32.2 Å². The standard InChI is InChI=1S/C9H20N2S/c1-8(2)10-4-6-11(7-5-10)9(3)12/h8-9,12H,4-7H2,1-3H3. The van der Waals surface area contributed by atoms with Crippen LogP contribution in [0.15, 0.2) is 0 Å². The van der Waals surface area contributed by atoms with E-state index in [1.807, 2.05) is 0 Å². The van der Waals surface area contributed by atoms with Gasteiger partial charge in [-0.05, 0) is 20.8 Å². The molecule has 0 aromatic carbocycles. The van der Waals surface area contributed by atoms with E-state index >= 15 is 0 Å². The van der Waals surface area contributed by atoms with Crippen molar-refractivity contribution >= 4 is 12.6 Å². The average molecular weight is 188 g/mol. The van der Waals surface area contributed by atoms with Crippen LogP contribution in [-0.2, 0) is 0 Å². The zero-order valence-corrected chi connectivity index (χ0v) is 9.22. The molecule has 12 heavy (non-hydrogen) atoms. The SMILES string of the molecule is CC(C)N1CCN(C(C)S)CC1. The zero-order chi connectivity index (χ0) is 9.14. The van der Waals surface area contributed by atoms with Gasteiger partial charge in [0.2, 0.25) is 0 Å². The van der Waals surface area contributed by atoms with Gasteiger partial charge in [-0.25, -0.2) is 0 Å². The van der Waals surface area contributed by atoms with Gasteiger partial charge >= 0.3 is 0 Å². The molecule has 72 valence electrons. The first-order chi connectivity index (χ1) is 5.61. The van der Waals surface area contributed by atoms with E-state index in [-0.39, 0.29) is 0 Å². The third-order valence-electron chi connectivity index (χ3n) is 2.61. The van der Waals surface area contributed by atoms with Crippen molar-refractivity contribution in [2.75, 3.05) is 26.2 Å². The van der Waals surface area contributed by atoms with Crippen molar-refractivity contribution in [3.63, 3.8) is 0 Å². The summed E-state index contributed by atoms with van der Waals surface area (Å²) in [5.41, 5.74) is 0. The highest BCUT2D eigenvalue weighted by Crippen LogP contribution is 2.10. The Hall–Kier alpha value is 0.270. The molecule has 2 nitrogen and oxygen atoms in total. The Morgan fingerprint density at radius 3 is 1.67 bits per heavy atom. The Morgan fingerprint density at radius 2 is 1.33 bits per heavy atom. The summed E-state index contributed by atoms with van der Waals surface area (Å²) in [5, 5.41) is 0.416. The van der Waals surface area contributed by atoms with Gasteiger partial charge in [-0.3, -0.25) is 9.80 Å². The molecule has 0 radical (unpaired) electrons. The first kappa shape index (κ1) is 10.4. The monoisotopic (exact) mass is 188 g/mol. The summed E-state index contributed by atoms with van der Waals surface area (Å²) in [7, 11) is 0. The Kier molecular flexibility index (Phi) is 3.87. The average Bonchev–Trinajstić information content (AvgIpc) is 2.04. The molecule has 1 saturated heterocycles. The number of piperazine rings is 1. The van der Waals surface area contributed by atoms with E-state index in [0.717, 1.165) is 0 Å². The van der Waals surface area contributed by atoms with Crippen LogP contribution < -0.4 is 0 Å². The molecule has 1 fully saturated rings. The summed E-state index contributed by atoms with van der Waals surface area (Å²) < 4.78 is 0. The molecule has 0 bridgehead atoms. The highest BCUT2D eigenvalue weighted by molar-refractivity contribution is 7.80. The number of nitrogens with zero attached hydrogens (tertiary/aromatic N) is 2. The van der Waals surface area contributed by atoms with Crippen LogP contribution in [0.3, 0.4) is 0 Å². The first-order valence-electron chi connectivity index (χ1n) is 4.77.